The van der Waals surface area contributed by atoms with Gasteiger partial charge in [-0.25, -0.2) is 4.39 Å². The molecule has 0 bridgehead atoms. The van der Waals surface area contributed by atoms with Crippen molar-refractivity contribution >= 4 is 11.6 Å². The summed E-state index contributed by atoms with van der Waals surface area (Å²) in [6, 6.07) is 5.45. The van der Waals surface area contributed by atoms with Crippen LogP contribution >= 0.6 is 0 Å². The average Bonchev–Trinajstić information content (AvgIpc) is 3.46. The van der Waals surface area contributed by atoms with Crippen LogP contribution in [-0.4, -0.2) is 56.5 Å². The molecule has 8 heteroatoms. The first-order chi connectivity index (χ1) is 14.1. The largest absolute Gasteiger partial charge is 0.368 e. The Balaban J connectivity index is 1.28. The Bertz CT molecular complexity index is 1050. The first-order valence-corrected chi connectivity index (χ1v) is 9.97. The van der Waals surface area contributed by atoms with Crippen LogP contribution in [0.2, 0.25) is 0 Å². The minimum Gasteiger partial charge on any atom is -0.368 e. The number of rotatable bonds is 3. The molecule has 5 rings (SSSR count). The van der Waals surface area contributed by atoms with Gasteiger partial charge in [0.25, 0.3) is 5.91 Å². The van der Waals surface area contributed by atoms with Gasteiger partial charge in [-0.2, -0.15) is 10.2 Å². The standard InChI is InChI=1S/C21H23FN6O/c1-26-13-15(11-24-26)20-18(12-23-25-20)21(29)27-7-5-17(6-8-27)28-9-4-14-10-16(22)2-3-19(14)28/h2-3,10-13,17H,4-9H2,1H3,(H,23,25). The number of likely N-dealkylation sites (tertiary alicyclic amines) is 1. The molecule has 7 nitrogen and oxygen atoms in total. The highest BCUT2D eigenvalue weighted by atomic mass is 19.1. The number of hydrogen-bond donors (Lipinski definition) is 1. The lowest BCUT2D eigenvalue weighted by molar-refractivity contribution is 0.0713. The van der Waals surface area contributed by atoms with Gasteiger partial charge in [-0.1, -0.05) is 0 Å². The number of halogens is 1. The van der Waals surface area contributed by atoms with Crippen molar-refractivity contribution in [2.45, 2.75) is 25.3 Å². The van der Waals surface area contributed by atoms with E-state index in [1.165, 1.54) is 6.07 Å². The number of fused-ring (bicyclic) bond motifs is 1. The maximum Gasteiger partial charge on any atom is 0.257 e. The SMILES string of the molecule is Cn1cc(-c2[nH]ncc2C(=O)N2CCC(N3CCc4cc(F)ccc43)CC2)cn1. The molecule has 0 aliphatic carbocycles. The number of aromatic amines is 1. The van der Waals surface area contributed by atoms with Gasteiger partial charge in [0, 0.05) is 50.2 Å². The zero-order valence-corrected chi connectivity index (χ0v) is 16.3. The van der Waals surface area contributed by atoms with Crippen LogP contribution in [0.25, 0.3) is 11.3 Å². The van der Waals surface area contributed by atoms with Crippen molar-refractivity contribution in [1.29, 1.82) is 0 Å². The van der Waals surface area contributed by atoms with E-state index >= 15 is 0 Å². The Morgan fingerprint density at radius 3 is 2.79 bits per heavy atom. The third kappa shape index (κ3) is 3.18. The molecule has 2 aliphatic rings. The van der Waals surface area contributed by atoms with Gasteiger partial charge in [-0.15, -0.1) is 0 Å². The summed E-state index contributed by atoms with van der Waals surface area (Å²) in [5.41, 5.74) is 4.37. The monoisotopic (exact) mass is 394 g/mol. The van der Waals surface area contributed by atoms with E-state index in [9.17, 15) is 9.18 Å². The van der Waals surface area contributed by atoms with Gasteiger partial charge < -0.3 is 9.80 Å². The summed E-state index contributed by atoms with van der Waals surface area (Å²) < 4.78 is 15.2. The van der Waals surface area contributed by atoms with Crippen LogP contribution in [0.4, 0.5) is 10.1 Å². The molecule has 29 heavy (non-hydrogen) atoms. The molecule has 0 unspecified atom stereocenters. The normalized spacial score (nSPS) is 17.0. The topological polar surface area (TPSA) is 70.1 Å². The molecular weight excluding hydrogens is 371 g/mol. The molecule has 4 heterocycles. The maximum atomic E-state index is 13.5. The molecule has 1 saturated heterocycles. The smallest absolute Gasteiger partial charge is 0.257 e. The number of benzene rings is 1. The summed E-state index contributed by atoms with van der Waals surface area (Å²) in [5.74, 6) is -0.171. The Morgan fingerprint density at radius 2 is 2.03 bits per heavy atom. The van der Waals surface area contributed by atoms with Crippen LogP contribution in [0.1, 0.15) is 28.8 Å². The molecule has 0 radical (unpaired) electrons. The fraction of sp³-hybridized carbons (Fsp3) is 0.381. The van der Waals surface area contributed by atoms with Crippen LogP contribution < -0.4 is 4.90 Å². The molecule has 1 aromatic carbocycles. The summed E-state index contributed by atoms with van der Waals surface area (Å²) in [7, 11) is 1.84. The number of hydrogen-bond acceptors (Lipinski definition) is 4. The highest BCUT2D eigenvalue weighted by Crippen LogP contribution is 2.33. The zero-order valence-electron chi connectivity index (χ0n) is 16.3. The quantitative estimate of drug-likeness (QED) is 0.741. The van der Waals surface area contributed by atoms with Gasteiger partial charge in [0.05, 0.1) is 23.7 Å². The molecule has 1 N–H and O–H groups in total. The van der Waals surface area contributed by atoms with Gasteiger partial charge in [0.15, 0.2) is 0 Å². The molecule has 1 amide bonds. The number of H-pyrrole nitrogens is 1. The predicted octanol–water partition coefficient (Wildman–Crippen LogP) is 2.62. The van der Waals surface area contributed by atoms with Crippen LogP contribution in [0, 0.1) is 5.82 Å². The van der Waals surface area contributed by atoms with Crippen LogP contribution in [0.5, 0.6) is 0 Å². The third-order valence-electron chi connectivity index (χ3n) is 6.03. The van der Waals surface area contributed by atoms with E-state index in [4.69, 9.17) is 0 Å². The molecule has 2 aliphatic heterocycles. The van der Waals surface area contributed by atoms with Gasteiger partial charge in [-0.3, -0.25) is 14.6 Å². The van der Waals surface area contributed by atoms with Crippen LogP contribution in [0.3, 0.4) is 0 Å². The Kier molecular flexibility index (Phi) is 4.34. The minimum absolute atomic E-state index is 0.0000498. The second-order valence-electron chi connectivity index (χ2n) is 7.80. The molecule has 2 aromatic heterocycles. The van der Waals surface area contributed by atoms with Crippen LogP contribution in [-0.2, 0) is 13.5 Å². The first-order valence-electron chi connectivity index (χ1n) is 9.97. The molecule has 150 valence electrons. The van der Waals surface area contributed by atoms with Gasteiger partial charge in [0.2, 0.25) is 0 Å². The number of amides is 1. The number of anilines is 1. The molecule has 0 spiro atoms. The van der Waals surface area contributed by atoms with E-state index < -0.39 is 0 Å². The highest BCUT2D eigenvalue weighted by Gasteiger charge is 2.32. The van der Waals surface area contributed by atoms with E-state index in [1.54, 1.807) is 23.1 Å². The number of aryl methyl sites for hydroxylation is 1. The van der Waals surface area contributed by atoms with Gasteiger partial charge >= 0.3 is 0 Å². The Labute approximate surface area is 168 Å². The molecule has 0 atom stereocenters. The van der Waals surface area contributed by atoms with E-state index in [2.05, 4.69) is 20.2 Å². The van der Waals surface area contributed by atoms with Crippen molar-refractivity contribution in [2.75, 3.05) is 24.5 Å². The number of nitrogens with one attached hydrogen (secondary N) is 1. The molecule has 0 saturated carbocycles. The summed E-state index contributed by atoms with van der Waals surface area (Å²) >= 11 is 0. The van der Waals surface area contributed by atoms with Crippen molar-refractivity contribution < 1.29 is 9.18 Å². The number of aromatic nitrogens is 4. The Morgan fingerprint density at radius 1 is 1.21 bits per heavy atom. The third-order valence-corrected chi connectivity index (χ3v) is 6.03. The first kappa shape index (κ1) is 17.9. The van der Waals surface area contributed by atoms with Gasteiger partial charge in [-0.05, 0) is 43.0 Å². The lowest BCUT2D eigenvalue weighted by atomic mass is 10.0. The fourth-order valence-electron chi connectivity index (χ4n) is 4.54. The average molecular weight is 394 g/mol. The summed E-state index contributed by atoms with van der Waals surface area (Å²) in [5, 5.41) is 11.2. The zero-order chi connectivity index (χ0) is 20.0. The van der Waals surface area contributed by atoms with Crippen molar-refractivity contribution in [1.82, 2.24) is 24.9 Å². The van der Waals surface area contributed by atoms with Crippen molar-refractivity contribution in [2.24, 2.45) is 7.05 Å². The van der Waals surface area contributed by atoms with Gasteiger partial charge in [0.1, 0.15) is 5.82 Å². The second-order valence-corrected chi connectivity index (χ2v) is 7.80. The van der Waals surface area contributed by atoms with Crippen molar-refractivity contribution in [3.63, 3.8) is 0 Å². The summed E-state index contributed by atoms with van der Waals surface area (Å²) in [4.78, 5) is 17.4. The van der Waals surface area contributed by atoms with E-state index in [0.717, 1.165) is 42.6 Å². The van der Waals surface area contributed by atoms with Crippen molar-refractivity contribution in [3.8, 4) is 11.3 Å². The number of carbonyl (C=O) groups is 1. The Hall–Kier alpha value is -3.16. The minimum atomic E-state index is -0.171. The lowest BCUT2D eigenvalue weighted by Gasteiger charge is -2.38. The second kappa shape index (κ2) is 7.02. The highest BCUT2D eigenvalue weighted by molar-refractivity contribution is 5.99. The number of nitrogens with zero attached hydrogens (tertiary/aromatic N) is 5. The summed E-state index contributed by atoms with van der Waals surface area (Å²) in [6.07, 6.45) is 7.89. The molecule has 1 fully saturated rings. The van der Waals surface area contributed by atoms with E-state index in [0.29, 0.717) is 30.4 Å². The molecule has 3 aromatic rings. The van der Waals surface area contributed by atoms with Crippen molar-refractivity contribution in [3.05, 3.63) is 53.7 Å². The number of piperidine rings is 1. The van der Waals surface area contributed by atoms with Crippen LogP contribution in [0.15, 0.2) is 36.8 Å². The fourth-order valence-corrected chi connectivity index (χ4v) is 4.54. The number of carbonyl (C=O) groups excluding carboxylic acids is 1. The lowest BCUT2D eigenvalue weighted by Crippen LogP contribution is -2.46. The predicted molar refractivity (Wildman–Crippen MR) is 107 cm³/mol. The maximum absolute atomic E-state index is 13.5. The molecular formula is C21H23FN6O. The van der Waals surface area contributed by atoms with E-state index in [1.807, 2.05) is 24.2 Å². The van der Waals surface area contributed by atoms with E-state index in [-0.39, 0.29) is 11.7 Å². The summed E-state index contributed by atoms with van der Waals surface area (Å²) in [6.45, 7) is 2.33.